The first-order valence-corrected chi connectivity index (χ1v) is 13.6. The lowest BCUT2D eigenvalue weighted by molar-refractivity contribution is -0.139. The standard InChI is InChI=1S/C32H35F2NO6/c1-22(37)41-20-29(38)24-8-15-30(31(19-24)39-2)40-18-4-17-35-16-3-5-28(23-6-11-26(33)12-7-23)32(35,21-36)25-9-13-27(34)14-10-25/h6-15,19,28,36H,3-5,16-18,20-21H2,1-2H3. The van der Waals surface area contributed by atoms with Crippen molar-refractivity contribution in [3.05, 3.63) is 95.1 Å². The minimum atomic E-state index is -0.828. The fourth-order valence-electron chi connectivity index (χ4n) is 5.67. The highest BCUT2D eigenvalue weighted by Gasteiger charge is 2.47. The zero-order chi connectivity index (χ0) is 29.4. The molecule has 218 valence electrons. The summed E-state index contributed by atoms with van der Waals surface area (Å²) in [5.41, 5.74) is 1.22. The summed E-state index contributed by atoms with van der Waals surface area (Å²) in [6.45, 7) is 2.32. The van der Waals surface area contributed by atoms with E-state index in [9.17, 15) is 23.5 Å². The zero-order valence-corrected chi connectivity index (χ0v) is 23.3. The van der Waals surface area contributed by atoms with Crippen molar-refractivity contribution >= 4 is 11.8 Å². The monoisotopic (exact) mass is 567 g/mol. The van der Waals surface area contributed by atoms with Crippen molar-refractivity contribution < 1.29 is 37.7 Å². The van der Waals surface area contributed by atoms with Crippen LogP contribution in [0.15, 0.2) is 66.7 Å². The number of halogens is 2. The summed E-state index contributed by atoms with van der Waals surface area (Å²) in [6.07, 6.45) is 2.27. The Bertz CT molecular complexity index is 1330. The van der Waals surface area contributed by atoms with Crippen molar-refractivity contribution in [1.29, 1.82) is 0 Å². The Morgan fingerprint density at radius 1 is 1.00 bits per heavy atom. The molecule has 1 fully saturated rings. The van der Waals surface area contributed by atoms with Gasteiger partial charge in [0.2, 0.25) is 0 Å². The average molecular weight is 568 g/mol. The van der Waals surface area contributed by atoms with Gasteiger partial charge in [0, 0.05) is 24.9 Å². The number of rotatable bonds is 12. The summed E-state index contributed by atoms with van der Waals surface area (Å²) in [6, 6.07) is 17.4. The molecule has 2 atom stereocenters. The third-order valence-electron chi connectivity index (χ3n) is 7.64. The number of hydrogen-bond acceptors (Lipinski definition) is 7. The maximum Gasteiger partial charge on any atom is 0.303 e. The van der Waals surface area contributed by atoms with Gasteiger partial charge >= 0.3 is 5.97 Å². The molecule has 0 bridgehead atoms. The number of piperidine rings is 1. The molecule has 41 heavy (non-hydrogen) atoms. The van der Waals surface area contributed by atoms with Crippen LogP contribution in [0, 0.1) is 11.6 Å². The molecule has 0 aliphatic carbocycles. The molecular weight excluding hydrogens is 532 g/mol. The zero-order valence-electron chi connectivity index (χ0n) is 23.3. The fraction of sp³-hybridized carbons (Fsp3) is 0.375. The second-order valence-electron chi connectivity index (χ2n) is 10.1. The number of Topliss-reactive ketones (excluding diaryl/α,β-unsaturated/α-hetero) is 1. The molecule has 3 aromatic carbocycles. The summed E-state index contributed by atoms with van der Waals surface area (Å²) in [4.78, 5) is 25.5. The molecule has 4 rings (SSSR count). The quantitative estimate of drug-likeness (QED) is 0.182. The van der Waals surface area contributed by atoms with Crippen LogP contribution < -0.4 is 9.47 Å². The number of methoxy groups -OCH3 is 1. The van der Waals surface area contributed by atoms with Crippen molar-refractivity contribution in [2.75, 3.05) is 40.0 Å². The smallest absolute Gasteiger partial charge is 0.303 e. The van der Waals surface area contributed by atoms with E-state index in [1.165, 1.54) is 38.3 Å². The second-order valence-corrected chi connectivity index (χ2v) is 10.1. The van der Waals surface area contributed by atoms with Crippen LogP contribution in [0.3, 0.4) is 0 Å². The Morgan fingerprint density at radius 2 is 1.68 bits per heavy atom. The van der Waals surface area contributed by atoms with Gasteiger partial charge in [0.05, 0.1) is 25.9 Å². The summed E-state index contributed by atoms with van der Waals surface area (Å²) in [7, 11) is 1.48. The van der Waals surface area contributed by atoms with E-state index in [4.69, 9.17) is 14.2 Å². The number of benzene rings is 3. The van der Waals surface area contributed by atoms with Crippen molar-refractivity contribution in [3.63, 3.8) is 0 Å². The molecule has 0 amide bonds. The highest BCUT2D eigenvalue weighted by molar-refractivity contribution is 5.98. The molecule has 9 heteroatoms. The lowest BCUT2D eigenvalue weighted by atomic mass is 9.69. The van der Waals surface area contributed by atoms with Crippen molar-refractivity contribution in [3.8, 4) is 11.5 Å². The molecule has 0 radical (unpaired) electrons. The maximum absolute atomic E-state index is 13.9. The van der Waals surface area contributed by atoms with Gasteiger partial charge in [0.15, 0.2) is 23.9 Å². The van der Waals surface area contributed by atoms with Gasteiger partial charge in [-0.25, -0.2) is 8.78 Å². The first-order valence-electron chi connectivity index (χ1n) is 13.6. The van der Waals surface area contributed by atoms with Gasteiger partial charge in [0.25, 0.3) is 0 Å². The van der Waals surface area contributed by atoms with Crippen LogP contribution >= 0.6 is 0 Å². The lowest BCUT2D eigenvalue weighted by Gasteiger charge is -2.52. The van der Waals surface area contributed by atoms with E-state index in [0.717, 1.165) is 30.5 Å². The Labute approximate surface area is 238 Å². The molecule has 0 saturated carbocycles. The number of ketones is 1. The summed E-state index contributed by atoms with van der Waals surface area (Å²) in [5.74, 6) is -0.864. The highest BCUT2D eigenvalue weighted by atomic mass is 19.1. The minimum absolute atomic E-state index is 0.134. The largest absolute Gasteiger partial charge is 0.493 e. The number of aliphatic hydroxyl groups is 1. The summed E-state index contributed by atoms with van der Waals surface area (Å²) < 4.78 is 43.8. The number of aliphatic hydroxyl groups excluding tert-OH is 1. The van der Waals surface area contributed by atoms with Gasteiger partial charge in [0.1, 0.15) is 11.6 Å². The minimum Gasteiger partial charge on any atom is -0.493 e. The third kappa shape index (κ3) is 6.92. The molecule has 3 aromatic rings. The number of likely N-dealkylation sites (tertiary alicyclic amines) is 1. The molecular formula is C32H35F2NO6. The first-order chi connectivity index (χ1) is 19.8. The Morgan fingerprint density at radius 3 is 2.32 bits per heavy atom. The van der Waals surface area contributed by atoms with Crippen molar-refractivity contribution in [1.82, 2.24) is 4.90 Å². The molecule has 1 aliphatic rings. The maximum atomic E-state index is 13.9. The van der Waals surface area contributed by atoms with Gasteiger partial charge in [-0.1, -0.05) is 24.3 Å². The van der Waals surface area contributed by atoms with Gasteiger partial charge in [-0.05, 0) is 79.4 Å². The van der Waals surface area contributed by atoms with Crippen molar-refractivity contribution in [2.45, 2.75) is 37.6 Å². The number of carbonyl (C=O) groups is 2. The van der Waals surface area contributed by atoms with Crippen LogP contribution in [0.2, 0.25) is 0 Å². The van der Waals surface area contributed by atoms with E-state index in [2.05, 4.69) is 4.90 Å². The number of hydrogen-bond donors (Lipinski definition) is 1. The van der Waals surface area contributed by atoms with E-state index in [-0.39, 0.29) is 36.5 Å². The van der Waals surface area contributed by atoms with Gasteiger partial charge in [-0.2, -0.15) is 0 Å². The molecule has 1 heterocycles. The summed E-state index contributed by atoms with van der Waals surface area (Å²) in [5, 5.41) is 11.0. The molecule has 2 unspecified atom stereocenters. The SMILES string of the molecule is COc1cc(C(=O)COC(C)=O)ccc1OCCCN1CCCC(c2ccc(F)cc2)C1(CO)c1ccc(F)cc1. The number of ether oxygens (including phenoxy) is 3. The highest BCUT2D eigenvalue weighted by Crippen LogP contribution is 2.47. The lowest BCUT2D eigenvalue weighted by Crippen LogP contribution is -2.56. The van der Waals surface area contributed by atoms with Gasteiger partial charge < -0.3 is 19.3 Å². The Hall–Kier alpha value is -3.82. The van der Waals surface area contributed by atoms with Gasteiger partial charge in [-0.3, -0.25) is 14.5 Å². The predicted octanol–water partition coefficient (Wildman–Crippen LogP) is 5.26. The van der Waals surface area contributed by atoms with Crippen LogP contribution in [-0.4, -0.2) is 61.8 Å². The predicted molar refractivity (Wildman–Crippen MR) is 149 cm³/mol. The normalized spacial score (nSPS) is 19.0. The second kappa shape index (κ2) is 13.7. The van der Waals surface area contributed by atoms with Crippen molar-refractivity contribution in [2.24, 2.45) is 0 Å². The van der Waals surface area contributed by atoms with Crippen LogP contribution in [0.1, 0.15) is 53.6 Å². The molecule has 0 spiro atoms. The molecule has 1 aliphatic heterocycles. The Balaban J connectivity index is 1.50. The molecule has 0 aromatic heterocycles. The van der Waals surface area contributed by atoms with E-state index >= 15 is 0 Å². The van der Waals surface area contributed by atoms with Crippen LogP contribution in [-0.2, 0) is 15.1 Å². The number of nitrogens with zero attached hydrogens (tertiary/aromatic N) is 1. The van der Waals surface area contributed by atoms with Gasteiger partial charge in [-0.15, -0.1) is 0 Å². The third-order valence-corrected chi connectivity index (χ3v) is 7.64. The van der Waals surface area contributed by atoms with E-state index < -0.39 is 11.5 Å². The average Bonchev–Trinajstić information content (AvgIpc) is 2.98. The van der Waals surface area contributed by atoms with Crippen LogP contribution in [0.25, 0.3) is 0 Å². The fourth-order valence-corrected chi connectivity index (χ4v) is 5.67. The number of carbonyl (C=O) groups excluding carboxylic acids is 2. The molecule has 1 N–H and O–H groups in total. The van der Waals surface area contributed by atoms with E-state index in [0.29, 0.717) is 36.6 Å². The molecule has 1 saturated heterocycles. The number of esters is 1. The summed E-state index contributed by atoms with van der Waals surface area (Å²) >= 11 is 0. The van der Waals surface area contributed by atoms with Crippen LogP contribution in [0.4, 0.5) is 8.78 Å². The topological polar surface area (TPSA) is 85.3 Å². The van der Waals surface area contributed by atoms with E-state index in [1.54, 1.807) is 42.5 Å². The van der Waals surface area contributed by atoms with E-state index in [1.807, 2.05) is 0 Å². The Kier molecular flexibility index (Phi) is 10.1. The first kappa shape index (κ1) is 30.1. The molecule has 7 nitrogen and oxygen atoms in total. The van der Waals surface area contributed by atoms with Crippen LogP contribution in [0.5, 0.6) is 11.5 Å².